The van der Waals surface area contributed by atoms with Crippen LogP contribution in [-0.4, -0.2) is 47.5 Å². The predicted octanol–water partition coefficient (Wildman–Crippen LogP) is 0.462. The van der Waals surface area contributed by atoms with Crippen LogP contribution in [0, 0.1) is 5.92 Å². The molecule has 0 aliphatic carbocycles. The summed E-state index contributed by atoms with van der Waals surface area (Å²) in [5, 5.41) is 18.4. The van der Waals surface area contributed by atoms with Crippen LogP contribution in [-0.2, 0) is 0 Å². The highest BCUT2D eigenvalue weighted by Gasteiger charge is 2.23. The van der Waals surface area contributed by atoms with Crippen LogP contribution in [0.2, 0.25) is 0 Å². The number of β-amino-alcohol motifs (C(OH)–C–C–N with tert-alkyl or cyclic N) is 1. The van der Waals surface area contributed by atoms with Gasteiger partial charge in [-0.05, 0) is 38.3 Å². The molecule has 0 aromatic heterocycles. The Labute approximate surface area is 80.4 Å². The Hall–Kier alpha value is -0.120. The lowest BCUT2D eigenvalue weighted by Gasteiger charge is -2.33. The van der Waals surface area contributed by atoms with Crippen molar-refractivity contribution in [2.45, 2.75) is 32.3 Å². The van der Waals surface area contributed by atoms with Crippen molar-refractivity contribution in [1.82, 2.24) is 4.90 Å². The Balaban J connectivity index is 2.22. The van der Waals surface area contributed by atoms with Crippen LogP contribution >= 0.6 is 0 Å². The lowest BCUT2D eigenvalue weighted by atomic mass is 9.90. The normalized spacial score (nSPS) is 23.3. The number of nitrogens with zero attached hydrogens (tertiary/aromatic N) is 1. The number of likely N-dealkylation sites (tertiary alicyclic amines) is 1. The molecule has 3 heteroatoms. The zero-order valence-electron chi connectivity index (χ0n) is 8.45. The van der Waals surface area contributed by atoms with Gasteiger partial charge < -0.3 is 15.1 Å². The molecule has 13 heavy (non-hydrogen) atoms. The second-order valence-electron chi connectivity index (χ2n) is 3.88. The van der Waals surface area contributed by atoms with E-state index in [2.05, 4.69) is 4.90 Å². The van der Waals surface area contributed by atoms with E-state index in [1.165, 1.54) is 0 Å². The molecule has 1 aliphatic rings. The molecule has 0 spiro atoms. The summed E-state index contributed by atoms with van der Waals surface area (Å²) < 4.78 is 0. The molecule has 0 saturated carbocycles. The highest BCUT2D eigenvalue weighted by molar-refractivity contribution is 4.76. The van der Waals surface area contributed by atoms with Gasteiger partial charge in [-0.15, -0.1) is 0 Å². The first-order chi connectivity index (χ1) is 6.27. The van der Waals surface area contributed by atoms with E-state index in [4.69, 9.17) is 5.11 Å². The monoisotopic (exact) mass is 187 g/mol. The van der Waals surface area contributed by atoms with E-state index in [0.29, 0.717) is 5.92 Å². The molecule has 1 rings (SSSR count). The van der Waals surface area contributed by atoms with Crippen molar-refractivity contribution in [3.8, 4) is 0 Å². The number of aliphatic hydroxyl groups is 2. The number of rotatable bonds is 4. The van der Waals surface area contributed by atoms with Crippen LogP contribution in [0.1, 0.15) is 26.2 Å². The molecule has 0 amide bonds. The average molecular weight is 187 g/mol. The van der Waals surface area contributed by atoms with Gasteiger partial charge in [-0.2, -0.15) is 0 Å². The second-order valence-corrected chi connectivity index (χ2v) is 3.88. The molecule has 0 bridgehead atoms. The van der Waals surface area contributed by atoms with Gasteiger partial charge in [0.05, 0.1) is 12.7 Å². The van der Waals surface area contributed by atoms with Crippen molar-refractivity contribution in [2.75, 3.05) is 26.2 Å². The van der Waals surface area contributed by atoms with Crippen LogP contribution in [0.25, 0.3) is 0 Å². The average Bonchev–Trinajstić information content (AvgIpc) is 2.18. The molecule has 0 radical (unpaired) electrons. The quantitative estimate of drug-likeness (QED) is 0.672. The molecule has 1 heterocycles. The molecule has 1 atom stereocenters. The van der Waals surface area contributed by atoms with Gasteiger partial charge in [0, 0.05) is 6.54 Å². The maximum Gasteiger partial charge on any atom is 0.0566 e. The molecule has 3 nitrogen and oxygen atoms in total. The van der Waals surface area contributed by atoms with Crippen LogP contribution in [0.4, 0.5) is 0 Å². The lowest BCUT2D eigenvalue weighted by Crippen LogP contribution is -2.38. The topological polar surface area (TPSA) is 43.7 Å². The highest BCUT2D eigenvalue weighted by Crippen LogP contribution is 2.21. The fourth-order valence-electron chi connectivity index (χ4n) is 2.04. The minimum absolute atomic E-state index is 0.115. The molecular weight excluding hydrogens is 166 g/mol. The number of aliphatic hydroxyl groups excluding tert-OH is 2. The summed E-state index contributed by atoms with van der Waals surface area (Å²) in [6.45, 7) is 5.13. The van der Waals surface area contributed by atoms with E-state index in [1.807, 2.05) is 6.92 Å². The Morgan fingerprint density at radius 2 is 2.00 bits per heavy atom. The van der Waals surface area contributed by atoms with E-state index >= 15 is 0 Å². The molecule has 1 aliphatic heterocycles. The van der Waals surface area contributed by atoms with Crippen molar-refractivity contribution in [1.29, 1.82) is 0 Å². The summed E-state index contributed by atoms with van der Waals surface area (Å²) in [6, 6.07) is 0. The Bertz CT molecular complexity index is 133. The van der Waals surface area contributed by atoms with Crippen LogP contribution in [0.3, 0.4) is 0 Å². The SMILES string of the molecule is CCC(O)C1CCN(CCO)CC1. The highest BCUT2D eigenvalue weighted by atomic mass is 16.3. The van der Waals surface area contributed by atoms with E-state index < -0.39 is 0 Å². The largest absolute Gasteiger partial charge is 0.395 e. The van der Waals surface area contributed by atoms with E-state index in [-0.39, 0.29) is 12.7 Å². The standard InChI is InChI=1S/C10H21NO2/c1-2-10(13)9-3-5-11(6-4-9)7-8-12/h9-10,12-13H,2-8H2,1H3. The first-order valence-corrected chi connectivity index (χ1v) is 5.29. The van der Waals surface area contributed by atoms with E-state index in [0.717, 1.165) is 38.9 Å². The Morgan fingerprint density at radius 1 is 1.38 bits per heavy atom. The molecule has 0 aromatic rings. The fraction of sp³-hybridized carbons (Fsp3) is 1.00. The number of hydrogen-bond donors (Lipinski definition) is 2. The number of hydrogen-bond acceptors (Lipinski definition) is 3. The van der Waals surface area contributed by atoms with Gasteiger partial charge in [0.15, 0.2) is 0 Å². The summed E-state index contributed by atoms with van der Waals surface area (Å²) in [4.78, 5) is 2.26. The van der Waals surface area contributed by atoms with Gasteiger partial charge in [0.1, 0.15) is 0 Å². The Kier molecular flexibility index (Phi) is 4.70. The zero-order chi connectivity index (χ0) is 9.68. The molecule has 1 fully saturated rings. The van der Waals surface area contributed by atoms with Crippen LogP contribution < -0.4 is 0 Å². The molecule has 1 saturated heterocycles. The summed E-state index contributed by atoms with van der Waals surface area (Å²) in [5.41, 5.74) is 0. The third-order valence-electron chi connectivity index (χ3n) is 3.01. The molecule has 1 unspecified atom stereocenters. The molecule has 2 N–H and O–H groups in total. The van der Waals surface area contributed by atoms with Crippen molar-refractivity contribution in [3.05, 3.63) is 0 Å². The van der Waals surface area contributed by atoms with Gasteiger partial charge in [0.25, 0.3) is 0 Å². The van der Waals surface area contributed by atoms with Crippen molar-refractivity contribution in [2.24, 2.45) is 5.92 Å². The summed E-state index contributed by atoms with van der Waals surface area (Å²) in [6.07, 6.45) is 2.91. The summed E-state index contributed by atoms with van der Waals surface area (Å²) in [5.74, 6) is 0.486. The smallest absolute Gasteiger partial charge is 0.0566 e. The van der Waals surface area contributed by atoms with E-state index in [9.17, 15) is 5.11 Å². The van der Waals surface area contributed by atoms with Crippen molar-refractivity contribution in [3.63, 3.8) is 0 Å². The second kappa shape index (κ2) is 5.58. The minimum Gasteiger partial charge on any atom is -0.395 e. The van der Waals surface area contributed by atoms with Gasteiger partial charge in [-0.25, -0.2) is 0 Å². The van der Waals surface area contributed by atoms with Gasteiger partial charge in [-0.3, -0.25) is 0 Å². The maximum atomic E-state index is 9.63. The number of piperidine rings is 1. The predicted molar refractivity (Wildman–Crippen MR) is 52.5 cm³/mol. The van der Waals surface area contributed by atoms with E-state index in [1.54, 1.807) is 0 Å². The fourth-order valence-corrected chi connectivity index (χ4v) is 2.04. The Morgan fingerprint density at radius 3 is 2.46 bits per heavy atom. The summed E-state index contributed by atoms with van der Waals surface area (Å²) >= 11 is 0. The first kappa shape index (κ1) is 11.0. The third kappa shape index (κ3) is 3.25. The zero-order valence-corrected chi connectivity index (χ0v) is 8.45. The molecule has 0 aromatic carbocycles. The maximum absolute atomic E-state index is 9.63. The van der Waals surface area contributed by atoms with Crippen molar-refractivity contribution < 1.29 is 10.2 Å². The van der Waals surface area contributed by atoms with Gasteiger partial charge >= 0.3 is 0 Å². The summed E-state index contributed by atoms with van der Waals surface area (Å²) in [7, 11) is 0. The van der Waals surface area contributed by atoms with Crippen LogP contribution in [0.5, 0.6) is 0 Å². The lowest BCUT2D eigenvalue weighted by molar-refractivity contribution is 0.0523. The first-order valence-electron chi connectivity index (χ1n) is 5.29. The minimum atomic E-state index is -0.115. The molecular formula is C10H21NO2. The molecule has 78 valence electrons. The third-order valence-corrected chi connectivity index (χ3v) is 3.01. The van der Waals surface area contributed by atoms with Gasteiger partial charge in [-0.1, -0.05) is 6.92 Å². The van der Waals surface area contributed by atoms with Crippen molar-refractivity contribution >= 4 is 0 Å². The van der Waals surface area contributed by atoms with Crippen LogP contribution in [0.15, 0.2) is 0 Å². The van der Waals surface area contributed by atoms with Gasteiger partial charge in [0.2, 0.25) is 0 Å².